The number of aryl methyl sites for hydroxylation is 2. The SMILES string of the molecule is COc1ccccc1NC(=O)c1oc2c(c1C)/C(=N/NC(=O)c1cccc(C)c1)CCC2. The average Bonchev–Trinajstić information content (AvgIpc) is 3.15. The normalized spacial score (nSPS) is 14.0. The predicted molar refractivity (Wildman–Crippen MR) is 123 cm³/mol. The summed E-state index contributed by atoms with van der Waals surface area (Å²) in [6.45, 7) is 3.77. The van der Waals surface area contributed by atoms with E-state index in [0.29, 0.717) is 46.9 Å². The first-order valence-electron chi connectivity index (χ1n) is 10.5. The lowest BCUT2D eigenvalue weighted by molar-refractivity contribution is 0.0953. The Morgan fingerprint density at radius 3 is 2.62 bits per heavy atom. The van der Waals surface area contributed by atoms with E-state index in [2.05, 4.69) is 15.8 Å². The molecule has 7 heteroatoms. The molecule has 0 bridgehead atoms. The van der Waals surface area contributed by atoms with Gasteiger partial charge in [-0.1, -0.05) is 29.8 Å². The second-order valence-corrected chi connectivity index (χ2v) is 7.73. The van der Waals surface area contributed by atoms with Gasteiger partial charge in [0.1, 0.15) is 11.5 Å². The first kappa shape index (κ1) is 21.4. The number of furan rings is 1. The van der Waals surface area contributed by atoms with Gasteiger partial charge in [-0.2, -0.15) is 5.10 Å². The molecule has 32 heavy (non-hydrogen) atoms. The van der Waals surface area contributed by atoms with Gasteiger partial charge in [-0.25, -0.2) is 5.43 Å². The minimum absolute atomic E-state index is 0.237. The summed E-state index contributed by atoms with van der Waals surface area (Å²) in [6, 6.07) is 14.5. The molecule has 4 rings (SSSR count). The van der Waals surface area contributed by atoms with E-state index in [4.69, 9.17) is 9.15 Å². The van der Waals surface area contributed by atoms with Gasteiger partial charge >= 0.3 is 0 Å². The van der Waals surface area contributed by atoms with Crippen LogP contribution in [0.25, 0.3) is 0 Å². The van der Waals surface area contributed by atoms with Gasteiger partial charge in [-0.3, -0.25) is 9.59 Å². The van der Waals surface area contributed by atoms with Gasteiger partial charge in [0.15, 0.2) is 5.76 Å². The number of hydrogen-bond donors (Lipinski definition) is 2. The van der Waals surface area contributed by atoms with Crippen LogP contribution in [-0.4, -0.2) is 24.6 Å². The van der Waals surface area contributed by atoms with Crippen molar-refractivity contribution in [1.29, 1.82) is 0 Å². The molecular weight excluding hydrogens is 406 g/mol. The van der Waals surface area contributed by atoms with E-state index in [9.17, 15) is 9.59 Å². The zero-order valence-electron chi connectivity index (χ0n) is 18.3. The third kappa shape index (κ3) is 4.27. The van der Waals surface area contributed by atoms with Gasteiger partial charge in [0.25, 0.3) is 11.8 Å². The Morgan fingerprint density at radius 2 is 1.84 bits per heavy atom. The number of amides is 2. The summed E-state index contributed by atoms with van der Waals surface area (Å²) in [5.74, 6) is 0.882. The van der Waals surface area contributed by atoms with E-state index in [0.717, 1.165) is 17.5 Å². The Hall–Kier alpha value is -3.87. The number of hydrogen-bond acceptors (Lipinski definition) is 5. The Balaban J connectivity index is 1.58. The summed E-state index contributed by atoms with van der Waals surface area (Å²) in [7, 11) is 1.55. The third-order valence-corrected chi connectivity index (χ3v) is 5.46. The lowest BCUT2D eigenvalue weighted by atomic mass is 9.93. The lowest BCUT2D eigenvalue weighted by Crippen LogP contribution is -2.22. The van der Waals surface area contributed by atoms with Crippen LogP contribution in [-0.2, 0) is 6.42 Å². The Labute approximate surface area is 186 Å². The maximum Gasteiger partial charge on any atom is 0.291 e. The van der Waals surface area contributed by atoms with Crippen LogP contribution in [0, 0.1) is 13.8 Å². The molecule has 2 N–H and O–H groups in total. The number of nitrogens with zero attached hydrogens (tertiary/aromatic N) is 1. The van der Waals surface area contributed by atoms with Crippen molar-refractivity contribution in [2.45, 2.75) is 33.1 Å². The number of nitrogens with one attached hydrogen (secondary N) is 2. The summed E-state index contributed by atoms with van der Waals surface area (Å²) in [4.78, 5) is 25.4. The van der Waals surface area contributed by atoms with Gasteiger partial charge < -0.3 is 14.5 Å². The molecule has 164 valence electrons. The molecule has 0 spiro atoms. The number of anilines is 1. The summed E-state index contributed by atoms with van der Waals surface area (Å²) >= 11 is 0. The fraction of sp³-hybridized carbons (Fsp3) is 0.240. The van der Waals surface area contributed by atoms with Gasteiger partial charge in [-0.05, 0) is 51.0 Å². The molecule has 0 saturated heterocycles. The Kier molecular flexibility index (Phi) is 6.07. The standard InChI is InChI=1S/C25H25N3O4/c1-15-8-6-9-17(14-15)24(29)28-27-19-11-7-13-21-22(19)16(2)23(32-21)25(30)26-18-10-4-5-12-20(18)31-3/h4-6,8-10,12,14H,7,11,13H2,1-3H3,(H,26,30)(H,28,29)/b27-19+. The molecule has 1 heterocycles. The monoisotopic (exact) mass is 431 g/mol. The molecule has 0 fully saturated rings. The molecule has 7 nitrogen and oxygen atoms in total. The molecule has 0 radical (unpaired) electrons. The fourth-order valence-electron chi connectivity index (χ4n) is 3.89. The largest absolute Gasteiger partial charge is 0.495 e. The maximum absolute atomic E-state index is 12.9. The van der Waals surface area contributed by atoms with Crippen molar-refractivity contribution in [3.05, 3.63) is 82.3 Å². The summed E-state index contributed by atoms with van der Waals surface area (Å²) in [6.07, 6.45) is 2.23. The smallest absolute Gasteiger partial charge is 0.291 e. The molecule has 1 aliphatic carbocycles. The quantitative estimate of drug-likeness (QED) is 0.576. The van der Waals surface area contributed by atoms with Crippen molar-refractivity contribution in [3.63, 3.8) is 0 Å². The van der Waals surface area contributed by atoms with Crippen LogP contribution in [0.3, 0.4) is 0 Å². The van der Waals surface area contributed by atoms with E-state index >= 15 is 0 Å². The number of carbonyl (C=O) groups is 2. The number of benzene rings is 2. The van der Waals surface area contributed by atoms with Crippen LogP contribution < -0.4 is 15.5 Å². The average molecular weight is 431 g/mol. The van der Waals surface area contributed by atoms with E-state index < -0.39 is 0 Å². The van der Waals surface area contributed by atoms with Crippen LogP contribution in [0.1, 0.15) is 56.2 Å². The summed E-state index contributed by atoms with van der Waals surface area (Å²) in [5, 5.41) is 7.23. The van der Waals surface area contributed by atoms with E-state index in [1.165, 1.54) is 0 Å². The first-order valence-corrected chi connectivity index (χ1v) is 10.5. The van der Waals surface area contributed by atoms with E-state index in [1.54, 1.807) is 25.3 Å². The second-order valence-electron chi connectivity index (χ2n) is 7.73. The highest BCUT2D eigenvalue weighted by atomic mass is 16.5. The molecule has 3 aromatic rings. The van der Waals surface area contributed by atoms with Gasteiger partial charge in [-0.15, -0.1) is 0 Å². The molecule has 1 aromatic heterocycles. The van der Waals surface area contributed by atoms with Gasteiger partial charge in [0.05, 0.1) is 18.5 Å². The molecule has 0 atom stereocenters. The Bertz CT molecular complexity index is 1210. The number of carbonyl (C=O) groups excluding carboxylic acids is 2. The maximum atomic E-state index is 12.9. The summed E-state index contributed by atoms with van der Waals surface area (Å²) < 4.78 is 11.2. The highest BCUT2D eigenvalue weighted by Crippen LogP contribution is 2.31. The zero-order chi connectivity index (χ0) is 22.7. The highest BCUT2D eigenvalue weighted by Gasteiger charge is 2.28. The number of rotatable bonds is 5. The minimum Gasteiger partial charge on any atom is -0.495 e. The number of fused-ring (bicyclic) bond motifs is 1. The first-order chi connectivity index (χ1) is 15.5. The summed E-state index contributed by atoms with van der Waals surface area (Å²) in [5.41, 5.74) is 6.97. The molecule has 2 aromatic carbocycles. The van der Waals surface area contributed by atoms with E-state index in [1.807, 2.05) is 44.2 Å². The van der Waals surface area contributed by atoms with Crippen molar-refractivity contribution in [2.24, 2.45) is 5.10 Å². The van der Waals surface area contributed by atoms with Gasteiger partial charge in [0, 0.05) is 23.1 Å². The van der Waals surface area contributed by atoms with Crippen molar-refractivity contribution in [1.82, 2.24) is 5.43 Å². The topological polar surface area (TPSA) is 92.9 Å². The second kappa shape index (κ2) is 9.09. The number of para-hydroxylation sites is 2. The molecule has 0 unspecified atom stereocenters. The van der Waals surface area contributed by atoms with Crippen LogP contribution in [0.5, 0.6) is 5.75 Å². The van der Waals surface area contributed by atoms with Crippen molar-refractivity contribution in [2.75, 3.05) is 12.4 Å². The lowest BCUT2D eigenvalue weighted by Gasteiger charge is -2.13. The molecule has 0 aliphatic heterocycles. The highest BCUT2D eigenvalue weighted by molar-refractivity contribution is 6.10. The van der Waals surface area contributed by atoms with Gasteiger partial charge in [0.2, 0.25) is 0 Å². The van der Waals surface area contributed by atoms with Crippen LogP contribution >= 0.6 is 0 Å². The van der Waals surface area contributed by atoms with Crippen LogP contribution in [0.4, 0.5) is 5.69 Å². The zero-order valence-corrected chi connectivity index (χ0v) is 18.3. The number of hydrazone groups is 1. The molecular formula is C25H25N3O4. The predicted octanol–water partition coefficient (Wildman–Crippen LogP) is 4.63. The van der Waals surface area contributed by atoms with Crippen LogP contribution in [0.15, 0.2) is 58.0 Å². The van der Waals surface area contributed by atoms with Crippen molar-refractivity contribution in [3.8, 4) is 5.75 Å². The third-order valence-electron chi connectivity index (χ3n) is 5.46. The molecule has 2 amide bonds. The number of ether oxygens (including phenoxy) is 1. The van der Waals surface area contributed by atoms with E-state index in [-0.39, 0.29) is 17.6 Å². The fourth-order valence-corrected chi connectivity index (χ4v) is 3.89. The Morgan fingerprint density at radius 1 is 1.03 bits per heavy atom. The number of methoxy groups -OCH3 is 1. The molecule has 0 saturated carbocycles. The van der Waals surface area contributed by atoms with Crippen LogP contribution in [0.2, 0.25) is 0 Å². The molecule has 1 aliphatic rings. The minimum atomic E-state index is -0.357. The van der Waals surface area contributed by atoms with Crippen molar-refractivity contribution < 1.29 is 18.7 Å². The van der Waals surface area contributed by atoms with Crippen molar-refractivity contribution >= 4 is 23.2 Å².